The lowest BCUT2D eigenvalue weighted by atomic mass is 10.2. The molecule has 0 saturated carbocycles. The Morgan fingerprint density at radius 1 is 1.33 bits per heavy atom. The van der Waals surface area contributed by atoms with Crippen LogP contribution in [0, 0.1) is 13.8 Å². The molecule has 0 aliphatic heterocycles. The maximum Gasteiger partial charge on any atom is 0.272 e. The van der Waals surface area contributed by atoms with Gasteiger partial charge in [0.25, 0.3) is 5.91 Å². The van der Waals surface area contributed by atoms with Crippen molar-refractivity contribution >= 4 is 5.91 Å². The second-order valence-corrected chi connectivity index (χ2v) is 5.18. The van der Waals surface area contributed by atoms with Crippen molar-refractivity contribution in [3.8, 4) is 5.69 Å². The fourth-order valence-electron chi connectivity index (χ4n) is 2.07. The Hall–Kier alpha value is -2.14. The van der Waals surface area contributed by atoms with Crippen LogP contribution in [0.3, 0.4) is 0 Å². The molecule has 1 heterocycles. The second kappa shape index (κ2) is 6.54. The minimum absolute atomic E-state index is 0.0696. The summed E-state index contributed by atoms with van der Waals surface area (Å²) in [6, 6.07) is 9.48. The summed E-state index contributed by atoms with van der Waals surface area (Å²) in [7, 11) is 0. The first-order valence-corrected chi connectivity index (χ1v) is 7.10. The van der Waals surface area contributed by atoms with E-state index in [1.165, 1.54) is 5.56 Å². The Balaban J connectivity index is 2.22. The first-order valence-electron chi connectivity index (χ1n) is 7.10. The fraction of sp³-hybridized carbons (Fsp3) is 0.375. The van der Waals surface area contributed by atoms with E-state index in [-0.39, 0.29) is 18.6 Å². The van der Waals surface area contributed by atoms with Crippen LogP contribution in [0.1, 0.15) is 35.1 Å². The predicted octanol–water partition coefficient (Wildman–Crippen LogP) is 1.99. The molecule has 0 radical (unpaired) electrons. The lowest BCUT2D eigenvalue weighted by Crippen LogP contribution is -2.37. The molecule has 112 valence electrons. The van der Waals surface area contributed by atoms with Gasteiger partial charge in [-0.25, -0.2) is 4.68 Å². The van der Waals surface area contributed by atoms with E-state index in [4.69, 9.17) is 5.11 Å². The molecule has 0 aliphatic rings. The molecule has 21 heavy (non-hydrogen) atoms. The number of hydrogen-bond donors (Lipinski definition) is 2. The molecular weight excluding hydrogens is 266 g/mol. The minimum Gasteiger partial charge on any atom is -0.394 e. The first-order chi connectivity index (χ1) is 10.0. The zero-order chi connectivity index (χ0) is 15.4. The maximum absolute atomic E-state index is 12.1. The molecule has 0 spiro atoms. The highest BCUT2D eigenvalue weighted by Gasteiger charge is 2.16. The quantitative estimate of drug-likeness (QED) is 0.883. The average Bonchev–Trinajstić information content (AvgIpc) is 2.87. The smallest absolute Gasteiger partial charge is 0.272 e. The van der Waals surface area contributed by atoms with Crippen molar-refractivity contribution in [3.05, 3.63) is 47.3 Å². The molecular formula is C16H21N3O2. The molecule has 1 atom stereocenters. The summed E-state index contributed by atoms with van der Waals surface area (Å²) in [6.45, 7) is 5.78. The van der Waals surface area contributed by atoms with E-state index >= 15 is 0 Å². The van der Waals surface area contributed by atoms with Crippen molar-refractivity contribution in [2.75, 3.05) is 6.61 Å². The standard InChI is InChI=1S/C16H21N3O2/c1-4-13(10-20)17-16(21)15-9-12(3)19(18-15)14-7-5-11(2)6-8-14/h5-9,13,20H,4,10H2,1-3H3,(H,17,21). The van der Waals surface area contributed by atoms with Crippen molar-refractivity contribution < 1.29 is 9.90 Å². The number of amides is 1. The Kier molecular flexibility index (Phi) is 4.75. The highest BCUT2D eigenvalue weighted by atomic mass is 16.3. The number of aliphatic hydroxyl groups excluding tert-OH is 1. The van der Waals surface area contributed by atoms with Gasteiger partial charge in [0.1, 0.15) is 0 Å². The molecule has 1 unspecified atom stereocenters. The van der Waals surface area contributed by atoms with E-state index < -0.39 is 0 Å². The van der Waals surface area contributed by atoms with Crippen molar-refractivity contribution in [3.63, 3.8) is 0 Å². The topological polar surface area (TPSA) is 67.2 Å². The van der Waals surface area contributed by atoms with Gasteiger partial charge in [-0.1, -0.05) is 24.6 Å². The van der Waals surface area contributed by atoms with Crippen LogP contribution in [0.15, 0.2) is 30.3 Å². The average molecular weight is 287 g/mol. The van der Waals surface area contributed by atoms with E-state index in [0.717, 1.165) is 11.4 Å². The third-order valence-electron chi connectivity index (χ3n) is 3.45. The molecule has 0 aliphatic carbocycles. The van der Waals surface area contributed by atoms with Crippen LogP contribution < -0.4 is 5.32 Å². The predicted molar refractivity (Wildman–Crippen MR) is 81.7 cm³/mol. The Morgan fingerprint density at radius 2 is 2.00 bits per heavy atom. The van der Waals surface area contributed by atoms with Crippen LogP contribution in [0.2, 0.25) is 0 Å². The van der Waals surface area contributed by atoms with Crippen molar-refractivity contribution in [2.45, 2.75) is 33.2 Å². The van der Waals surface area contributed by atoms with Crippen LogP contribution in [-0.2, 0) is 0 Å². The Bertz CT molecular complexity index is 613. The Morgan fingerprint density at radius 3 is 2.57 bits per heavy atom. The molecule has 1 aromatic heterocycles. The molecule has 0 fully saturated rings. The van der Waals surface area contributed by atoms with Crippen LogP contribution in [-0.4, -0.2) is 33.4 Å². The highest BCUT2D eigenvalue weighted by molar-refractivity contribution is 5.92. The van der Waals surface area contributed by atoms with Gasteiger partial charge in [0.2, 0.25) is 0 Å². The van der Waals surface area contributed by atoms with Gasteiger partial charge in [-0.2, -0.15) is 5.10 Å². The van der Waals surface area contributed by atoms with E-state index in [9.17, 15) is 4.79 Å². The van der Waals surface area contributed by atoms with Gasteiger partial charge in [0, 0.05) is 5.69 Å². The number of nitrogens with one attached hydrogen (secondary N) is 1. The maximum atomic E-state index is 12.1. The molecule has 1 aromatic carbocycles. The highest BCUT2D eigenvalue weighted by Crippen LogP contribution is 2.13. The first kappa shape index (κ1) is 15.3. The molecule has 1 amide bonds. The van der Waals surface area contributed by atoms with Crippen molar-refractivity contribution in [1.29, 1.82) is 0 Å². The van der Waals surface area contributed by atoms with Crippen molar-refractivity contribution in [2.24, 2.45) is 0 Å². The lowest BCUT2D eigenvalue weighted by molar-refractivity contribution is 0.0909. The zero-order valence-corrected chi connectivity index (χ0v) is 12.6. The molecule has 0 bridgehead atoms. The summed E-state index contributed by atoms with van der Waals surface area (Å²) in [5, 5.41) is 16.3. The molecule has 2 rings (SSSR count). The third-order valence-corrected chi connectivity index (χ3v) is 3.45. The van der Waals surface area contributed by atoms with Crippen molar-refractivity contribution in [1.82, 2.24) is 15.1 Å². The summed E-state index contributed by atoms with van der Waals surface area (Å²) in [5.41, 5.74) is 3.35. The molecule has 5 heteroatoms. The van der Waals surface area contributed by atoms with Gasteiger partial charge < -0.3 is 10.4 Å². The molecule has 2 aromatic rings. The summed E-state index contributed by atoms with van der Waals surface area (Å²) in [4.78, 5) is 12.1. The van der Waals surface area contributed by atoms with Crippen LogP contribution in [0.4, 0.5) is 0 Å². The molecule has 5 nitrogen and oxygen atoms in total. The number of carbonyl (C=O) groups is 1. The second-order valence-electron chi connectivity index (χ2n) is 5.18. The number of aryl methyl sites for hydroxylation is 2. The van der Waals surface area contributed by atoms with E-state index in [1.54, 1.807) is 10.7 Å². The minimum atomic E-state index is -0.259. The molecule has 0 saturated heterocycles. The third kappa shape index (κ3) is 3.49. The normalized spacial score (nSPS) is 12.2. The zero-order valence-electron chi connectivity index (χ0n) is 12.6. The van der Waals surface area contributed by atoms with Gasteiger partial charge >= 0.3 is 0 Å². The van der Waals surface area contributed by atoms with E-state index in [2.05, 4.69) is 10.4 Å². The van der Waals surface area contributed by atoms with Gasteiger partial charge in [-0.05, 0) is 38.5 Å². The Labute approximate surface area is 124 Å². The number of benzene rings is 1. The summed E-state index contributed by atoms with van der Waals surface area (Å²) in [5.74, 6) is -0.259. The lowest BCUT2D eigenvalue weighted by Gasteiger charge is -2.12. The number of rotatable bonds is 5. The number of nitrogens with zero attached hydrogens (tertiary/aromatic N) is 2. The summed E-state index contributed by atoms with van der Waals surface area (Å²) >= 11 is 0. The summed E-state index contributed by atoms with van der Waals surface area (Å²) < 4.78 is 1.74. The van der Waals surface area contributed by atoms with E-state index in [0.29, 0.717) is 12.1 Å². The fourth-order valence-corrected chi connectivity index (χ4v) is 2.07. The number of carbonyl (C=O) groups excluding carboxylic acids is 1. The van der Waals surface area contributed by atoms with Crippen LogP contribution in [0.5, 0.6) is 0 Å². The van der Waals surface area contributed by atoms with Gasteiger partial charge in [-0.3, -0.25) is 4.79 Å². The van der Waals surface area contributed by atoms with Gasteiger partial charge in [-0.15, -0.1) is 0 Å². The summed E-state index contributed by atoms with van der Waals surface area (Å²) in [6.07, 6.45) is 0.680. The number of aliphatic hydroxyl groups is 1. The van der Waals surface area contributed by atoms with E-state index in [1.807, 2.05) is 45.0 Å². The SMILES string of the molecule is CCC(CO)NC(=O)c1cc(C)n(-c2ccc(C)cc2)n1. The largest absolute Gasteiger partial charge is 0.394 e. The number of aromatic nitrogens is 2. The van der Waals surface area contributed by atoms with Crippen LogP contribution in [0.25, 0.3) is 5.69 Å². The van der Waals surface area contributed by atoms with Gasteiger partial charge in [0.05, 0.1) is 18.3 Å². The number of hydrogen-bond acceptors (Lipinski definition) is 3. The van der Waals surface area contributed by atoms with Gasteiger partial charge in [0.15, 0.2) is 5.69 Å². The van der Waals surface area contributed by atoms with Crippen LogP contribution >= 0.6 is 0 Å². The molecule has 2 N–H and O–H groups in total. The monoisotopic (exact) mass is 287 g/mol.